The van der Waals surface area contributed by atoms with Crippen molar-refractivity contribution in [1.82, 2.24) is 19.4 Å². The summed E-state index contributed by atoms with van der Waals surface area (Å²) in [7, 11) is 2.99. The van der Waals surface area contributed by atoms with Crippen molar-refractivity contribution < 1.29 is 28.5 Å². The molecule has 2 saturated heterocycles. The summed E-state index contributed by atoms with van der Waals surface area (Å²) in [5.41, 5.74) is 4.82. The molecule has 44 heavy (non-hydrogen) atoms. The second-order valence-electron chi connectivity index (χ2n) is 11.4. The first kappa shape index (κ1) is 29.8. The number of likely N-dealkylation sites (tertiary alicyclic amines) is 1. The second-order valence-corrected chi connectivity index (χ2v) is 11.4. The molecule has 10 heteroatoms. The zero-order valence-electron chi connectivity index (χ0n) is 25.5. The van der Waals surface area contributed by atoms with Gasteiger partial charge >= 0.3 is 5.97 Å². The van der Waals surface area contributed by atoms with Gasteiger partial charge in [0.2, 0.25) is 5.88 Å². The van der Waals surface area contributed by atoms with Crippen LogP contribution in [0.3, 0.4) is 0 Å². The van der Waals surface area contributed by atoms with Gasteiger partial charge in [0, 0.05) is 35.4 Å². The van der Waals surface area contributed by atoms with E-state index in [1.54, 1.807) is 25.3 Å². The Balaban J connectivity index is 1.10. The number of methoxy groups -OCH3 is 2. The SMILES string of the molecule is COC(=O)c1ccc2nc(CN3CCC(c4cccc(OCc5ccc(C(C)=O)cc5OC)n4)CC3)n(CC3CCO3)c2c1. The standard InChI is InChI=1S/C34H38N4O6/c1-22(39)24-7-8-26(31(18-24)41-2)21-44-33-6-4-5-28(36-33)23-11-14-37(15-12-23)20-32-35-29-10-9-25(34(40)42-3)17-30(29)38(32)19-27-13-16-43-27/h4-10,17-18,23,27H,11-16,19-21H2,1-3H3. The molecular formula is C34H38N4O6. The number of carbonyl (C=O) groups is 2. The third-order valence-electron chi connectivity index (χ3n) is 8.61. The summed E-state index contributed by atoms with van der Waals surface area (Å²) in [6.45, 7) is 5.91. The lowest BCUT2D eigenvalue weighted by atomic mass is 9.93. The minimum absolute atomic E-state index is 0.00710. The average Bonchev–Trinajstić information content (AvgIpc) is 3.37. The Kier molecular flexibility index (Phi) is 8.90. The van der Waals surface area contributed by atoms with Gasteiger partial charge in [-0.1, -0.05) is 18.2 Å². The summed E-state index contributed by atoms with van der Waals surface area (Å²) in [5, 5.41) is 0. The lowest BCUT2D eigenvalue weighted by Crippen LogP contribution is -2.35. The van der Waals surface area contributed by atoms with E-state index in [4.69, 9.17) is 28.9 Å². The molecule has 2 aromatic heterocycles. The largest absolute Gasteiger partial charge is 0.496 e. The van der Waals surface area contributed by atoms with E-state index >= 15 is 0 Å². The number of aromatic nitrogens is 3. The van der Waals surface area contributed by atoms with Crippen molar-refractivity contribution in [2.45, 2.75) is 57.9 Å². The molecule has 2 aliphatic rings. The number of carbonyl (C=O) groups excluding carboxylic acids is 2. The van der Waals surface area contributed by atoms with Crippen molar-refractivity contribution in [3.05, 3.63) is 82.8 Å². The number of rotatable bonds is 11. The Bertz CT molecular complexity index is 1660. The highest BCUT2D eigenvalue weighted by Gasteiger charge is 2.26. The van der Waals surface area contributed by atoms with Crippen LogP contribution in [0, 0.1) is 0 Å². The molecule has 0 amide bonds. The summed E-state index contributed by atoms with van der Waals surface area (Å²) >= 11 is 0. The fourth-order valence-corrected chi connectivity index (χ4v) is 5.93. The zero-order chi connectivity index (χ0) is 30.6. The molecule has 0 spiro atoms. The van der Waals surface area contributed by atoms with Crippen LogP contribution in [-0.2, 0) is 29.2 Å². The first-order valence-corrected chi connectivity index (χ1v) is 15.1. The summed E-state index contributed by atoms with van der Waals surface area (Å²) in [6.07, 6.45) is 3.15. The Hall–Kier alpha value is -4.28. The number of nitrogens with zero attached hydrogens (tertiary/aromatic N) is 4. The molecule has 4 heterocycles. The lowest BCUT2D eigenvalue weighted by molar-refractivity contribution is -0.0592. The Morgan fingerprint density at radius 1 is 0.977 bits per heavy atom. The lowest BCUT2D eigenvalue weighted by Gasteiger charge is -2.32. The molecule has 2 aliphatic heterocycles. The van der Waals surface area contributed by atoms with Gasteiger partial charge in [-0.3, -0.25) is 9.69 Å². The van der Waals surface area contributed by atoms with Gasteiger partial charge in [-0.2, -0.15) is 0 Å². The fraction of sp³-hybridized carbons (Fsp3) is 0.412. The molecule has 2 aromatic carbocycles. The Labute approximate surface area is 256 Å². The maximum absolute atomic E-state index is 12.2. The van der Waals surface area contributed by atoms with Crippen LogP contribution in [0.15, 0.2) is 54.6 Å². The van der Waals surface area contributed by atoms with Crippen LogP contribution in [0.1, 0.15) is 69.9 Å². The van der Waals surface area contributed by atoms with E-state index < -0.39 is 0 Å². The highest BCUT2D eigenvalue weighted by Crippen LogP contribution is 2.30. The number of pyridine rings is 1. The van der Waals surface area contributed by atoms with E-state index in [-0.39, 0.29) is 17.9 Å². The van der Waals surface area contributed by atoms with Crippen LogP contribution < -0.4 is 9.47 Å². The number of ketones is 1. The maximum Gasteiger partial charge on any atom is 0.337 e. The van der Waals surface area contributed by atoms with E-state index in [0.717, 1.165) is 80.2 Å². The molecule has 6 rings (SSSR count). The molecule has 4 aromatic rings. The predicted molar refractivity (Wildman–Crippen MR) is 164 cm³/mol. The van der Waals surface area contributed by atoms with Crippen LogP contribution in [0.5, 0.6) is 11.6 Å². The fourth-order valence-electron chi connectivity index (χ4n) is 5.93. The van der Waals surface area contributed by atoms with E-state index in [9.17, 15) is 9.59 Å². The molecule has 0 saturated carbocycles. The van der Waals surface area contributed by atoms with Gasteiger partial charge < -0.3 is 23.5 Å². The van der Waals surface area contributed by atoms with Crippen molar-refractivity contribution in [3.63, 3.8) is 0 Å². The van der Waals surface area contributed by atoms with Crippen LogP contribution in [0.2, 0.25) is 0 Å². The van der Waals surface area contributed by atoms with Gasteiger partial charge in [-0.25, -0.2) is 14.8 Å². The quantitative estimate of drug-likeness (QED) is 0.171. The highest BCUT2D eigenvalue weighted by atomic mass is 16.5. The maximum atomic E-state index is 12.2. The van der Waals surface area contributed by atoms with E-state index in [2.05, 4.69) is 15.5 Å². The van der Waals surface area contributed by atoms with Crippen molar-refractivity contribution in [2.75, 3.05) is 33.9 Å². The van der Waals surface area contributed by atoms with Crippen molar-refractivity contribution in [1.29, 1.82) is 0 Å². The topological polar surface area (TPSA) is 105 Å². The first-order valence-electron chi connectivity index (χ1n) is 15.1. The molecule has 0 aliphatic carbocycles. The number of benzene rings is 2. The molecule has 2 fully saturated rings. The number of Topliss-reactive ketones (excluding diaryl/α,β-unsaturated/α-hetero) is 1. The van der Waals surface area contributed by atoms with Crippen molar-refractivity contribution in [2.24, 2.45) is 0 Å². The summed E-state index contributed by atoms with van der Waals surface area (Å²) in [6, 6.07) is 16.9. The number of fused-ring (bicyclic) bond motifs is 1. The Morgan fingerprint density at radius 2 is 1.77 bits per heavy atom. The molecular weight excluding hydrogens is 560 g/mol. The molecule has 0 N–H and O–H groups in total. The predicted octanol–water partition coefficient (Wildman–Crippen LogP) is 5.18. The number of hydrogen-bond acceptors (Lipinski definition) is 9. The summed E-state index contributed by atoms with van der Waals surface area (Å²) < 4.78 is 24.4. The van der Waals surface area contributed by atoms with Crippen LogP contribution in [0.4, 0.5) is 0 Å². The smallest absolute Gasteiger partial charge is 0.337 e. The molecule has 0 radical (unpaired) electrons. The molecule has 1 unspecified atom stereocenters. The first-order chi connectivity index (χ1) is 21.4. The van der Waals surface area contributed by atoms with Gasteiger partial charge in [0.1, 0.15) is 18.2 Å². The third kappa shape index (κ3) is 6.46. The molecule has 10 nitrogen and oxygen atoms in total. The highest BCUT2D eigenvalue weighted by molar-refractivity contribution is 5.94. The minimum Gasteiger partial charge on any atom is -0.496 e. The minimum atomic E-state index is -0.353. The average molecular weight is 599 g/mol. The van der Waals surface area contributed by atoms with Crippen LogP contribution in [0.25, 0.3) is 11.0 Å². The zero-order valence-corrected chi connectivity index (χ0v) is 25.5. The summed E-state index contributed by atoms with van der Waals surface area (Å²) in [4.78, 5) is 36.2. The second kappa shape index (κ2) is 13.2. The molecule has 0 bridgehead atoms. The van der Waals surface area contributed by atoms with Crippen LogP contribution in [-0.4, -0.2) is 71.2 Å². The number of imidazole rings is 1. The Morgan fingerprint density at radius 3 is 2.48 bits per heavy atom. The van der Waals surface area contributed by atoms with Gasteiger partial charge in [0.05, 0.1) is 50.0 Å². The molecule has 230 valence electrons. The monoisotopic (exact) mass is 598 g/mol. The van der Waals surface area contributed by atoms with Crippen LogP contribution >= 0.6 is 0 Å². The van der Waals surface area contributed by atoms with E-state index in [0.29, 0.717) is 35.3 Å². The number of hydrogen-bond donors (Lipinski definition) is 0. The molecule has 1 atom stereocenters. The van der Waals surface area contributed by atoms with Gasteiger partial charge in [0.15, 0.2) is 5.78 Å². The van der Waals surface area contributed by atoms with E-state index in [1.165, 1.54) is 14.0 Å². The number of piperidine rings is 1. The van der Waals surface area contributed by atoms with Gasteiger partial charge in [-0.05, 0) is 69.6 Å². The number of ether oxygens (including phenoxy) is 4. The normalized spacial score (nSPS) is 17.3. The van der Waals surface area contributed by atoms with Gasteiger partial charge in [0.25, 0.3) is 0 Å². The van der Waals surface area contributed by atoms with Gasteiger partial charge in [-0.15, -0.1) is 0 Å². The van der Waals surface area contributed by atoms with E-state index in [1.807, 2.05) is 30.3 Å². The third-order valence-corrected chi connectivity index (χ3v) is 8.61. The summed E-state index contributed by atoms with van der Waals surface area (Å²) in [5.74, 6) is 2.15. The van der Waals surface area contributed by atoms with Crippen molar-refractivity contribution >= 4 is 22.8 Å². The number of esters is 1. The van der Waals surface area contributed by atoms with Crippen molar-refractivity contribution in [3.8, 4) is 11.6 Å².